The highest BCUT2D eigenvalue weighted by atomic mass is 16.5. The molecule has 1 aromatic rings. The van der Waals surface area contributed by atoms with Crippen LogP contribution in [0.1, 0.15) is 45.8 Å². The zero-order chi connectivity index (χ0) is 13.9. The van der Waals surface area contributed by atoms with Gasteiger partial charge in [-0.2, -0.15) is 0 Å². The molecule has 2 atom stereocenters. The predicted molar refractivity (Wildman–Crippen MR) is 77.6 cm³/mol. The highest BCUT2D eigenvalue weighted by Crippen LogP contribution is 2.30. The second-order valence-corrected chi connectivity index (χ2v) is 5.78. The van der Waals surface area contributed by atoms with Crippen molar-refractivity contribution in [3.8, 4) is 5.75 Å². The fourth-order valence-corrected chi connectivity index (χ4v) is 2.35. The van der Waals surface area contributed by atoms with E-state index in [4.69, 9.17) is 9.47 Å². The normalized spacial score (nSPS) is 27.5. The molecule has 0 aromatic heterocycles. The van der Waals surface area contributed by atoms with Gasteiger partial charge in [-0.25, -0.2) is 0 Å². The van der Waals surface area contributed by atoms with Gasteiger partial charge in [0.25, 0.3) is 0 Å². The number of rotatable bonds is 4. The molecule has 0 saturated carbocycles. The molecule has 1 saturated heterocycles. The van der Waals surface area contributed by atoms with E-state index in [9.17, 15) is 0 Å². The van der Waals surface area contributed by atoms with Crippen molar-refractivity contribution in [2.45, 2.75) is 51.9 Å². The molecule has 0 spiro atoms. The minimum Gasteiger partial charge on any atom is -0.491 e. The van der Waals surface area contributed by atoms with Crippen LogP contribution in [0, 0.1) is 0 Å². The minimum atomic E-state index is -0.0716. The SMILES string of the molecule is CCC1(C)CNCC(c2cccc(OC(C)C)c2)O1. The fourth-order valence-electron chi connectivity index (χ4n) is 2.35. The van der Waals surface area contributed by atoms with Crippen LogP contribution in [0.15, 0.2) is 24.3 Å². The molecule has 2 unspecified atom stereocenters. The molecule has 0 bridgehead atoms. The lowest BCUT2D eigenvalue weighted by molar-refractivity contribution is -0.109. The molecule has 3 nitrogen and oxygen atoms in total. The minimum absolute atomic E-state index is 0.0716. The maximum Gasteiger partial charge on any atom is 0.120 e. The summed E-state index contributed by atoms with van der Waals surface area (Å²) in [6.45, 7) is 10.2. The number of hydrogen-bond acceptors (Lipinski definition) is 3. The van der Waals surface area contributed by atoms with Gasteiger partial charge in [0, 0.05) is 13.1 Å². The van der Waals surface area contributed by atoms with E-state index in [2.05, 4.69) is 31.3 Å². The van der Waals surface area contributed by atoms with Crippen LogP contribution >= 0.6 is 0 Å². The van der Waals surface area contributed by atoms with Gasteiger partial charge in [-0.3, -0.25) is 0 Å². The number of ether oxygens (including phenoxy) is 2. The smallest absolute Gasteiger partial charge is 0.120 e. The molecular weight excluding hydrogens is 238 g/mol. The van der Waals surface area contributed by atoms with Crippen LogP contribution in [-0.4, -0.2) is 24.8 Å². The third kappa shape index (κ3) is 3.71. The average molecular weight is 263 g/mol. The quantitative estimate of drug-likeness (QED) is 0.904. The fraction of sp³-hybridized carbons (Fsp3) is 0.625. The largest absolute Gasteiger partial charge is 0.491 e. The molecule has 1 heterocycles. The van der Waals surface area contributed by atoms with Crippen molar-refractivity contribution in [1.82, 2.24) is 5.32 Å². The molecule has 1 aromatic carbocycles. The Labute approximate surface area is 116 Å². The van der Waals surface area contributed by atoms with Crippen LogP contribution in [0.2, 0.25) is 0 Å². The zero-order valence-corrected chi connectivity index (χ0v) is 12.4. The highest BCUT2D eigenvalue weighted by molar-refractivity contribution is 5.30. The van der Waals surface area contributed by atoms with Gasteiger partial charge >= 0.3 is 0 Å². The average Bonchev–Trinajstić information content (AvgIpc) is 2.38. The Balaban J connectivity index is 2.12. The Hall–Kier alpha value is -1.06. The molecule has 0 amide bonds. The summed E-state index contributed by atoms with van der Waals surface area (Å²) < 4.78 is 12.0. The summed E-state index contributed by atoms with van der Waals surface area (Å²) in [5.41, 5.74) is 1.11. The third-order valence-electron chi connectivity index (χ3n) is 3.61. The van der Waals surface area contributed by atoms with E-state index in [1.54, 1.807) is 0 Å². The maximum absolute atomic E-state index is 6.25. The molecule has 0 aliphatic carbocycles. The van der Waals surface area contributed by atoms with Crippen molar-refractivity contribution in [1.29, 1.82) is 0 Å². The summed E-state index contributed by atoms with van der Waals surface area (Å²) in [6, 6.07) is 8.24. The molecule has 1 aliphatic heterocycles. The maximum atomic E-state index is 6.25. The molecule has 106 valence electrons. The van der Waals surface area contributed by atoms with Gasteiger partial charge in [-0.15, -0.1) is 0 Å². The van der Waals surface area contributed by atoms with Crippen molar-refractivity contribution in [2.24, 2.45) is 0 Å². The first-order valence-corrected chi connectivity index (χ1v) is 7.17. The highest BCUT2D eigenvalue weighted by Gasteiger charge is 2.31. The monoisotopic (exact) mass is 263 g/mol. The summed E-state index contributed by atoms with van der Waals surface area (Å²) in [6.07, 6.45) is 1.31. The van der Waals surface area contributed by atoms with E-state index >= 15 is 0 Å². The van der Waals surface area contributed by atoms with Crippen molar-refractivity contribution in [2.75, 3.05) is 13.1 Å². The zero-order valence-electron chi connectivity index (χ0n) is 12.4. The predicted octanol–water partition coefficient (Wildman–Crippen LogP) is 3.30. The molecule has 1 aliphatic rings. The van der Waals surface area contributed by atoms with E-state index in [0.717, 1.165) is 25.3 Å². The van der Waals surface area contributed by atoms with Crippen LogP contribution in [0.4, 0.5) is 0 Å². The number of morpholine rings is 1. The molecule has 2 rings (SSSR count). The van der Waals surface area contributed by atoms with Crippen LogP contribution in [0.3, 0.4) is 0 Å². The Bertz CT molecular complexity index is 419. The summed E-state index contributed by atoms with van der Waals surface area (Å²) >= 11 is 0. The molecule has 19 heavy (non-hydrogen) atoms. The molecule has 1 N–H and O–H groups in total. The lowest BCUT2D eigenvalue weighted by Gasteiger charge is -2.39. The Morgan fingerprint density at radius 3 is 2.95 bits per heavy atom. The van der Waals surface area contributed by atoms with Gasteiger partial charge in [0.2, 0.25) is 0 Å². The molecule has 0 radical (unpaired) electrons. The van der Waals surface area contributed by atoms with Gasteiger partial charge in [0.15, 0.2) is 0 Å². The van der Waals surface area contributed by atoms with E-state index < -0.39 is 0 Å². The lowest BCUT2D eigenvalue weighted by atomic mass is 9.98. The summed E-state index contributed by atoms with van der Waals surface area (Å²) in [7, 11) is 0. The Kier molecular flexibility index (Phi) is 4.48. The summed E-state index contributed by atoms with van der Waals surface area (Å²) in [5, 5.41) is 3.47. The third-order valence-corrected chi connectivity index (χ3v) is 3.61. The van der Waals surface area contributed by atoms with Gasteiger partial charge < -0.3 is 14.8 Å². The number of hydrogen-bond donors (Lipinski definition) is 1. The van der Waals surface area contributed by atoms with Crippen LogP contribution in [0.5, 0.6) is 5.75 Å². The number of nitrogens with one attached hydrogen (secondary N) is 1. The van der Waals surface area contributed by atoms with E-state index in [-0.39, 0.29) is 17.8 Å². The molecular formula is C16H25NO2. The van der Waals surface area contributed by atoms with Crippen molar-refractivity contribution < 1.29 is 9.47 Å². The van der Waals surface area contributed by atoms with Crippen molar-refractivity contribution in [3.63, 3.8) is 0 Å². The van der Waals surface area contributed by atoms with Crippen LogP contribution in [-0.2, 0) is 4.74 Å². The van der Waals surface area contributed by atoms with E-state index in [1.165, 1.54) is 5.56 Å². The lowest BCUT2D eigenvalue weighted by Crippen LogP contribution is -2.48. The Morgan fingerprint density at radius 1 is 1.47 bits per heavy atom. The van der Waals surface area contributed by atoms with E-state index in [1.807, 2.05) is 26.0 Å². The first-order chi connectivity index (χ1) is 9.02. The molecule has 3 heteroatoms. The van der Waals surface area contributed by atoms with Gasteiger partial charge in [-0.1, -0.05) is 19.1 Å². The standard InChI is InChI=1S/C16H25NO2/c1-5-16(4)11-17-10-15(19-16)13-7-6-8-14(9-13)18-12(2)3/h6-9,12,15,17H,5,10-11H2,1-4H3. The van der Waals surface area contributed by atoms with Crippen LogP contribution in [0.25, 0.3) is 0 Å². The second kappa shape index (κ2) is 5.93. The first-order valence-electron chi connectivity index (χ1n) is 7.17. The van der Waals surface area contributed by atoms with Crippen molar-refractivity contribution in [3.05, 3.63) is 29.8 Å². The van der Waals surface area contributed by atoms with Gasteiger partial charge in [0.1, 0.15) is 5.75 Å². The summed E-state index contributed by atoms with van der Waals surface area (Å²) in [5.74, 6) is 0.917. The first kappa shape index (κ1) is 14.4. The van der Waals surface area contributed by atoms with Gasteiger partial charge in [-0.05, 0) is 44.9 Å². The summed E-state index contributed by atoms with van der Waals surface area (Å²) in [4.78, 5) is 0. The topological polar surface area (TPSA) is 30.5 Å². The van der Waals surface area contributed by atoms with E-state index in [0.29, 0.717) is 0 Å². The Morgan fingerprint density at radius 2 is 2.26 bits per heavy atom. The second-order valence-electron chi connectivity index (χ2n) is 5.78. The van der Waals surface area contributed by atoms with Gasteiger partial charge in [0.05, 0.1) is 17.8 Å². The van der Waals surface area contributed by atoms with Crippen molar-refractivity contribution >= 4 is 0 Å². The number of benzene rings is 1. The van der Waals surface area contributed by atoms with Crippen LogP contribution < -0.4 is 10.1 Å². The molecule has 1 fully saturated rings.